The minimum atomic E-state index is -0.144. The molecule has 3 rings (SSSR count). The number of pyridine rings is 1. The quantitative estimate of drug-likeness (QED) is 0.885. The Balaban J connectivity index is 1.67. The normalized spacial score (nSPS) is 19.2. The van der Waals surface area contributed by atoms with Crippen LogP contribution in [0.2, 0.25) is 0 Å². The van der Waals surface area contributed by atoms with Crippen LogP contribution in [0.3, 0.4) is 0 Å². The lowest BCUT2D eigenvalue weighted by Gasteiger charge is -2.09. The highest BCUT2D eigenvalue weighted by Crippen LogP contribution is 2.11. The first-order valence-electron chi connectivity index (χ1n) is 6.16. The molecule has 1 fully saturated rings. The summed E-state index contributed by atoms with van der Waals surface area (Å²) in [7, 11) is 0. The number of aromatic nitrogens is 2. The number of hydrogen-bond acceptors (Lipinski definition) is 3. The zero-order chi connectivity index (χ0) is 12.4. The second kappa shape index (κ2) is 4.78. The highest BCUT2D eigenvalue weighted by molar-refractivity contribution is 5.92. The third kappa shape index (κ3) is 2.22. The van der Waals surface area contributed by atoms with Crippen molar-refractivity contribution >= 4 is 11.6 Å². The van der Waals surface area contributed by atoms with E-state index in [0.29, 0.717) is 12.2 Å². The van der Waals surface area contributed by atoms with Gasteiger partial charge in [-0.05, 0) is 25.0 Å². The first-order valence-corrected chi connectivity index (χ1v) is 6.16. The summed E-state index contributed by atoms with van der Waals surface area (Å²) in [4.78, 5) is 16.2. The van der Waals surface area contributed by atoms with E-state index in [2.05, 4.69) is 10.3 Å². The predicted octanol–water partition coefficient (Wildman–Crippen LogP) is 1.24. The molecule has 1 atom stereocenters. The standard InChI is InChI=1S/C13H15N3O2/c17-13(14-8-10-4-3-7-18-10)11-9-16-6-2-1-5-12(16)15-11/h1-2,5-6,9-10H,3-4,7-8H2,(H,14,17)/t10-/m1/s1. The van der Waals surface area contributed by atoms with Gasteiger partial charge in [0, 0.05) is 25.5 Å². The number of hydrogen-bond donors (Lipinski definition) is 1. The maximum atomic E-state index is 11.9. The molecule has 1 N–H and O–H groups in total. The molecule has 0 bridgehead atoms. The van der Waals surface area contributed by atoms with Crippen LogP contribution in [0.4, 0.5) is 0 Å². The lowest BCUT2D eigenvalue weighted by molar-refractivity contribution is 0.0854. The number of carbonyl (C=O) groups excluding carboxylic acids is 1. The van der Waals surface area contributed by atoms with Gasteiger partial charge in [-0.2, -0.15) is 0 Å². The van der Waals surface area contributed by atoms with Crippen molar-refractivity contribution in [3.63, 3.8) is 0 Å². The smallest absolute Gasteiger partial charge is 0.271 e. The van der Waals surface area contributed by atoms with E-state index in [1.54, 1.807) is 6.20 Å². The molecule has 0 aromatic carbocycles. The third-order valence-corrected chi connectivity index (χ3v) is 3.11. The summed E-state index contributed by atoms with van der Waals surface area (Å²) >= 11 is 0. The molecule has 1 saturated heterocycles. The Hall–Kier alpha value is -1.88. The van der Waals surface area contributed by atoms with Gasteiger partial charge >= 0.3 is 0 Å². The number of ether oxygens (including phenoxy) is 1. The average Bonchev–Trinajstić information content (AvgIpc) is 3.04. The lowest BCUT2D eigenvalue weighted by atomic mass is 10.2. The predicted molar refractivity (Wildman–Crippen MR) is 66.5 cm³/mol. The number of amides is 1. The van der Waals surface area contributed by atoms with E-state index >= 15 is 0 Å². The van der Waals surface area contributed by atoms with Crippen molar-refractivity contribution in [3.05, 3.63) is 36.3 Å². The monoisotopic (exact) mass is 245 g/mol. The van der Waals surface area contributed by atoms with Crippen LogP contribution in [-0.2, 0) is 4.74 Å². The summed E-state index contributed by atoms with van der Waals surface area (Å²) in [5, 5.41) is 2.86. The summed E-state index contributed by atoms with van der Waals surface area (Å²) in [5.41, 5.74) is 1.22. The molecule has 1 aliphatic heterocycles. The van der Waals surface area contributed by atoms with Gasteiger partial charge in [0.05, 0.1) is 6.10 Å². The van der Waals surface area contributed by atoms with Gasteiger partial charge in [-0.15, -0.1) is 0 Å². The molecular weight excluding hydrogens is 230 g/mol. The largest absolute Gasteiger partial charge is 0.376 e. The zero-order valence-electron chi connectivity index (χ0n) is 10.0. The van der Waals surface area contributed by atoms with E-state index in [1.165, 1.54) is 0 Å². The van der Waals surface area contributed by atoms with E-state index in [0.717, 1.165) is 25.1 Å². The number of nitrogens with one attached hydrogen (secondary N) is 1. The van der Waals surface area contributed by atoms with Crippen molar-refractivity contribution in [2.24, 2.45) is 0 Å². The van der Waals surface area contributed by atoms with Gasteiger partial charge in [-0.3, -0.25) is 4.79 Å². The Morgan fingerprint density at radius 3 is 3.28 bits per heavy atom. The van der Waals surface area contributed by atoms with E-state index in [4.69, 9.17) is 4.74 Å². The summed E-state index contributed by atoms with van der Waals surface area (Å²) in [6.07, 6.45) is 5.87. The van der Waals surface area contributed by atoms with Crippen LogP contribution in [-0.4, -0.2) is 34.5 Å². The first kappa shape index (κ1) is 11.2. The molecule has 0 spiro atoms. The van der Waals surface area contributed by atoms with Crippen LogP contribution in [0.1, 0.15) is 23.3 Å². The van der Waals surface area contributed by atoms with Crippen LogP contribution in [0.15, 0.2) is 30.6 Å². The molecule has 0 radical (unpaired) electrons. The van der Waals surface area contributed by atoms with E-state index in [-0.39, 0.29) is 12.0 Å². The van der Waals surface area contributed by atoms with Gasteiger partial charge in [0.25, 0.3) is 5.91 Å². The van der Waals surface area contributed by atoms with Crippen molar-refractivity contribution in [1.82, 2.24) is 14.7 Å². The Labute approximate surface area is 105 Å². The fourth-order valence-electron chi connectivity index (χ4n) is 2.15. The molecule has 0 unspecified atom stereocenters. The molecule has 0 saturated carbocycles. The molecule has 1 amide bonds. The van der Waals surface area contributed by atoms with Gasteiger partial charge in [-0.1, -0.05) is 6.07 Å². The van der Waals surface area contributed by atoms with E-state index in [1.807, 2.05) is 28.8 Å². The van der Waals surface area contributed by atoms with Gasteiger partial charge in [0.15, 0.2) is 0 Å². The molecule has 5 heteroatoms. The van der Waals surface area contributed by atoms with Gasteiger partial charge in [0.2, 0.25) is 0 Å². The molecule has 5 nitrogen and oxygen atoms in total. The SMILES string of the molecule is O=C(NC[C@H]1CCCO1)c1cn2ccccc2n1. The minimum absolute atomic E-state index is 0.144. The molecule has 2 aromatic heterocycles. The lowest BCUT2D eigenvalue weighted by Crippen LogP contribution is -2.31. The fraction of sp³-hybridized carbons (Fsp3) is 0.385. The highest BCUT2D eigenvalue weighted by Gasteiger charge is 2.17. The number of imidazole rings is 1. The fourth-order valence-corrected chi connectivity index (χ4v) is 2.15. The molecule has 18 heavy (non-hydrogen) atoms. The van der Waals surface area contributed by atoms with Gasteiger partial charge < -0.3 is 14.5 Å². The maximum absolute atomic E-state index is 11.9. The zero-order valence-corrected chi connectivity index (χ0v) is 10.0. The number of nitrogens with zero attached hydrogens (tertiary/aromatic N) is 2. The van der Waals surface area contributed by atoms with Gasteiger partial charge in [-0.25, -0.2) is 4.98 Å². The second-order valence-corrected chi connectivity index (χ2v) is 4.44. The van der Waals surface area contributed by atoms with Gasteiger partial charge in [0.1, 0.15) is 11.3 Å². The average molecular weight is 245 g/mol. The molecular formula is C13H15N3O2. The third-order valence-electron chi connectivity index (χ3n) is 3.11. The van der Waals surface area contributed by atoms with Crippen molar-refractivity contribution < 1.29 is 9.53 Å². The summed E-state index contributed by atoms with van der Waals surface area (Å²) in [6, 6.07) is 5.68. The minimum Gasteiger partial charge on any atom is -0.376 e. The topological polar surface area (TPSA) is 55.6 Å². The highest BCUT2D eigenvalue weighted by atomic mass is 16.5. The van der Waals surface area contributed by atoms with Crippen molar-refractivity contribution in [3.8, 4) is 0 Å². The van der Waals surface area contributed by atoms with E-state index < -0.39 is 0 Å². The van der Waals surface area contributed by atoms with E-state index in [9.17, 15) is 4.79 Å². The Morgan fingerprint density at radius 2 is 2.50 bits per heavy atom. The molecule has 2 aromatic rings. The first-order chi connectivity index (χ1) is 8.83. The Kier molecular flexibility index (Phi) is 2.98. The molecule has 1 aliphatic rings. The second-order valence-electron chi connectivity index (χ2n) is 4.44. The summed E-state index contributed by atoms with van der Waals surface area (Å²) in [5.74, 6) is -0.144. The number of carbonyl (C=O) groups is 1. The molecule has 94 valence electrons. The molecule has 3 heterocycles. The maximum Gasteiger partial charge on any atom is 0.271 e. The summed E-state index contributed by atoms with van der Waals surface area (Å²) < 4.78 is 7.29. The van der Waals surface area contributed by atoms with Crippen molar-refractivity contribution in [2.75, 3.05) is 13.2 Å². The number of rotatable bonds is 3. The van der Waals surface area contributed by atoms with Crippen molar-refractivity contribution in [1.29, 1.82) is 0 Å². The van der Waals surface area contributed by atoms with Crippen LogP contribution in [0, 0.1) is 0 Å². The van der Waals surface area contributed by atoms with Crippen molar-refractivity contribution in [2.45, 2.75) is 18.9 Å². The Bertz CT molecular complexity index is 525. The van der Waals surface area contributed by atoms with Crippen LogP contribution in [0.5, 0.6) is 0 Å². The molecule has 0 aliphatic carbocycles. The van der Waals surface area contributed by atoms with Crippen LogP contribution in [0.25, 0.3) is 5.65 Å². The summed E-state index contributed by atoms with van der Waals surface area (Å²) in [6.45, 7) is 1.36. The number of fused-ring (bicyclic) bond motifs is 1. The van der Waals surface area contributed by atoms with Crippen LogP contribution >= 0.6 is 0 Å². The van der Waals surface area contributed by atoms with Crippen LogP contribution < -0.4 is 5.32 Å². The Morgan fingerprint density at radius 1 is 1.56 bits per heavy atom.